The molecule has 1 aromatic heterocycles. The number of carbonyl (C=O) groups is 4. The van der Waals surface area contributed by atoms with Gasteiger partial charge in [0.1, 0.15) is 23.5 Å². The Bertz CT molecular complexity index is 2700. The first kappa shape index (κ1) is 48.9. The summed E-state index contributed by atoms with van der Waals surface area (Å²) in [5.41, 5.74) is 1.80. The first-order chi connectivity index (χ1) is 31.4. The lowest BCUT2D eigenvalue weighted by atomic mass is 9.88. The molecule has 4 aromatic rings. The zero-order chi connectivity index (χ0) is 48.6. The van der Waals surface area contributed by atoms with Gasteiger partial charge >= 0.3 is 0 Å². The van der Waals surface area contributed by atoms with Crippen LogP contribution in [0.2, 0.25) is 0 Å². The summed E-state index contributed by atoms with van der Waals surface area (Å²) in [6, 6.07) is 12.9. The van der Waals surface area contributed by atoms with E-state index in [4.69, 9.17) is 4.74 Å². The predicted molar refractivity (Wildman–Crippen MR) is 252 cm³/mol. The van der Waals surface area contributed by atoms with Crippen molar-refractivity contribution in [3.8, 4) is 0 Å². The molecule has 19 heteroatoms. The summed E-state index contributed by atoms with van der Waals surface area (Å²) in [6.45, 7) is 17.0. The second-order valence-electron chi connectivity index (χ2n) is 19.7. The number of ether oxygens (including phenoxy) is 1. The van der Waals surface area contributed by atoms with E-state index >= 15 is 4.39 Å². The van der Waals surface area contributed by atoms with Crippen LogP contribution in [0.15, 0.2) is 60.8 Å². The summed E-state index contributed by atoms with van der Waals surface area (Å²) in [4.78, 5) is 63.4. The minimum Gasteiger partial charge on any atom is -0.379 e. The number of imide groups is 2. The second kappa shape index (κ2) is 18.9. The molecule has 3 aliphatic rings. The molecule has 67 heavy (non-hydrogen) atoms. The number of aryl methyl sites for hydroxylation is 1. The standard InChI is InChI=1S/C48H59F2N9O7S/c1-28-26-51-45(55-41(28)52-31-13-15-34(49)37(25-31)57-67(64,65)46(2,3)4)53-30-12-14-32(35(50)24-30)29-18-21-58(22-19-29)27-48(7,8)66-23-20-47(5,6)56-36-11-9-10-33-40(36)44(63)59(43(33)62)38-16-17-39(60)54-42(38)61/h9-15,24-26,29,38,56-57H,16-23,27H2,1-8H3,(H,54,60,61)(H2,51,52,53,55). The Hall–Kier alpha value is -6.05. The Morgan fingerprint density at radius 1 is 0.851 bits per heavy atom. The molecule has 3 aromatic carbocycles. The number of amides is 4. The van der Waals surface area contributed by atoms with Gasteiger partial charge in [-0.2, -0.15) is 4.98 Å². The Labute approximate surface area is 390 Å². The van der Waals surface area contributed by atoms with Gasteiger partial charge in [0.2, 0.25) is 27.8 Å². The van der Waals surface area contributed by atoms with Gasteiger partial charge in [-0.05, 0) is 148 Å². The maximum atomic E-state index is 15.7. The van der Waals surface area contributed by atoms with Crippen molar-refractivity contribution in [3.05, 3.63) is 94.7 Å². The van der Waals surface area contributed by atoms with Crippen molar-refractivity contribution in [2.45, 2.75) is 115 Å². The summed E-state index contributed by atoms with van der Waals surface area (Å²) in [7, 11) is -3.87. The van der Waals surface area contributed by atoms with E-state index in [0.717, 1.165) is 36.9 Å². The number of halogens is 2. The van der Waals surface area contributed by atoms with Crippen LogP contribution in [0.4, 0.5) is 43.3 Å². The molecule has 5 N–H and O–H groups in total. The number of nitrogens with one attached hydrogen (secondary N) is 5. The van der Waals surface area contributed by atoms with E-state index in [1.807, 2.05) is 27.7 Å². The molecular formula is C48H59F2N9O7S. The quantitative estimate of drug-likeness (QED) is 0.0683. The van der Waals surface area contributed by atoms with Gasteiger partial charge in [-0.3, -0.25) is 34.1 Å². The van der Waals surface area contributed by atoms with E-state index in [0.29, 0.717) is 53.6 Å². The van der Waals surface area contributed by atoms with E-state index in [1.165, 1.54) is 39.0 Å². The Kier molecular flexibility index (Phi) is 13.8. The number of sulfonamides is 1. The lowest BCUT2D eigenvalue weighted by Gasteiger charge is -2.38. The van der Waals surface area contributed by atoms with Crippen molar-refractivity contribution in [2.24, 2.45) is 0 Å². The molecule has 0 radical (unpaired) electrons. The Morgan fingerprint density at radius 2 is 1.55 bits per heavy atom. The van der Waals surface area contributed by atoms with E-state index in [9.17, 15) is 32.0 Å². The normalized spacial score (nSPS) is 17.6. The highest BCUT2D eigenvalue weighted by atomic mass is 32.2. The number of aromatic nitrogens is 2. The highest BCUT2D eigenvalue weighted by molar-refractivity contribution is 7.94. The molecule has 1 unspecified atom stereocenters. The van der Waals surface area contributed by atoms with Gasteiger partial charge in [0, 0.05) is 53.9 Å². The van der Waals surface area contributed by atoms with Gasteiger partial charge in [0.15, 0.2) is 0 Å². The first-order valence-corrected chi connectivity index (χ1v) is 23.9. The number of piperidine rings is 2. The van der Waals surface area contributed by atoms with Crippen LogP contribution in [0.3, 0.4) is 0 Å². The van der Waals surface area contributed by atoms with Crippen LogP contribution in [0.1, 0.15) is 118 Å². The van der Waals surface area contributed by atoms with Crippen LogP contribution in [0.25, 0.3) is 0 Å². The molecule has 0 spiro atoms. The minimum atomic E-state index is -3.87. The van der Waals surface area contributed by atoms with Gasteiger partial charge in [-0.15, -0.1) is 0 Å². The van der Waals surface area contributed by atoms with Gasteiger partial charge in [-0.25, -0.2) is 22.2 Å². The number of hydrogen-bond acceptors (Lipinski definition) is 13. The van der Waals surface area contributed by atoms with Crippen LogP contribution in [0.5, 0.6) is 0 Å². The molecule has 0 aliphatic carbocycles. The van der Waals surface area contributed by atoms with Crippen LogP contribution in [0, 0.1) is 18.6 Å². The highest BCUT2D eigenvalue weighted by Crippen LogP contribution is 2.36. The molecule has 2 fully saturated rings. The maximum absolute atomic E-state index is 15.7. The third kappa shape index (κ3) is 11.2. The molecule has 16 nitrogen and oxygen atoms in total. The number of hydrogen-bond donors (Lipinski definition) is 5. The van der Waals surface area contributed by atoms with Crippen molar-refractivity contribution < 1.29 is 41.1 Å². The highest BCUT2D eigenvalue weighted by Gasteiger charge is 2.46. The Balaban J connectivity index is 0.889. The van der Waals surface area contributed by atoms with E-state index < -0.39 is 61.4 Å². The lowest BCUT2D eigenvalue weighted by molar-refractivity contribution is -0.136. The van der Waals surface area contributed by atoms with Crippen molar-refractivity contribution in [3.63, 3.8) is 0 Å². The first-order valence-electron chi connectivity index (χ1n) is 22.4. The fourth-order valence-corrected chi connectivity index (χ4v) is 9.18. The van der Waals surface area contributed by atoms with E-state index in [1.54, 1.807) is 43.5 Å². The average Bonchev–Trinajstić information content (AvgIpc) is 3.49. The summed E-state index contributed by atoms with van der Waals surface area (Å²) in [6.07, 6.45) is 3.81. The third-order valence-electron chi connectivity index (χ3n) is 12.3. The maximum Gasteiger partial charge on any atom is 0.264 e. The molecule has 7 rings (SSSR count). The van der Waals surface area contributed by atoms with Crippen molar-refractivity contribution in [2.75, 3.05) is 46.9 Å². The second-order valence-corrected chi connectivity index (χ2v) is 22.2. The van der Waals surface area contributed by atoms with E-state index in [-0.39, 0.29) is 47.3 Å². The molecule has 2 saturated heterocycles. The predicted octanol–water partition coefficient (Wildman–Crippen LogP) is 7.75. The topological polar surface area (TPSA) is 204 Å². The largest absolute Gasteiger partial charge is 0.379 e. The number of likely N-dealkylation sites (tertiary alicyclic amines) is 1. The molecule has 3 aliphatic heterocycles. The number of benzene rings is 3. The number of fused-ring (bicyclic) bond motifs is 1. The van der Waals surface area contributed by atoms with Gasteiger partial charge < -0.3 is 25.6 Å². The van der Waals surface area contributed by atoms with Crippen molar-refractivity contribution in [1.29, 1.82) is 0 Å². The number of carbonyl (C=O) groups excluding carboxylic acids is 4. The Morgan fingerprint density at radius 3 is 2.24 bits per heavy atom. The van der Waals surface area contributed by atoms with Crippen molar-refractivity contribution in [1.82, 2.24) is 25.1 Å². The molecule has 4 heterocycles. The third-order valence-corrected chi connectivity index (χ3v) is 14.4. The van der Waals surface area contributed by atoms with Crippen LogP contribution in [-0.2, 0) is 24.3 Å². The SMILES string of the molecule is Cc1cnc(Nc2ccc(C3CCN(CC(C)(C)OCCC(C)(C)Nc4cccc5c4C(=O)N(C4CCC(=O)NC4=O)C5=O)CC3)c(F)c2)nc1Nc1ccc(F)c(NS(=O)(=O)C(C)(C)C)c1. The number of anilines is 6. The fraction of sp³-hybridized carbons (Fsp3) is 0.458. The van der Waals surface area contributed by atoms with E-state index in [2.05, 4.69) is 40.9 Å². The molecular weight excluding hydrogens is 885 g/mol. The van der Waals surface area contributed by atoms with Crippen molar-refractivity contribution >= 4 is 68.2 Å². The number of rotatable bonds is 16. The summed E-state index contributed by atoms with van der Waals surface area (Å²) in [5, 5.41) is 11.8. The molecule has 358 valence electrons. The van der Waals surface area contributed by atoms with Gasteiger partial charge in [0.25, 0.3) is 11.8 Å². The minimum absolute atomic E-state index is 0.0267. The molecule has 0 saturated carbocycles. The smallest absolute Gasteiger partial charge is 0.264 e. The monoisotopic (exact) mass is 943 g/mol. The zero-order valence-corrected chi connectivity index (χ0v) is 39.9. The molecule has 0 bridgehead atoms. The average molecular weight is 944 g/mol. The van der Waals surface area contributed by atoms with Crippen LogP contribution in [-0.4, -0.2) is 100.0 Å². The zero-order valence-electron chi connectivity index (χ0n) is 39.1. The van der Waals surface area contributed by atoms with Crippen LogP contribution >= 0.6 is 0 Å². The lowest BCUT2D eigenvalue weighted by Crippen LogP contribution is -2.54. The van der Waals surface area contributed by atoms with Gasteiger partial charge in [0.05, 0.1) is 27.2 Å². The summed E-state index contributed by atoms with van der Waals surface area (Å²) in [5.74, 6) is -2.67. The fourth-order valence-electron chi connectivity index (χ4n) is 8.42. The van der Waals surface area contributed by atoms with Crippen LogP contribution < -0.4 is 26.0 Å². The molecule has 1 atom stereocenters. The van der Waals surface area contributed by atoms with Gasteiger partial charge in [-0.1, -0.05) is 12.1 Å². The molecule has 4 amide bonds. The number of nitrogens with zero attached hydrogens (tertiary/aromatic N) is 4. The summed E-state index contributed by atoms with van der Waals surface area (Å²) >= 11 is 0. The summed E-state index contributed by atoms with van der Waals surface area (Å²) < 4.78 is 63.3.